The minimum Gasteiger partial charge on any atom is -0.329 e. The van der Waals surface area contributed by atoms with Gasteiger partial charge in [-0.25, -0.2) is 0 Å². The van der Waals surface area contributed by atoms with Crippen LogP contribution in [0.25, 0.3) is 0 Å². The fourth-order valence-electron chi connectivity index (χ4n) is 2.01. The molecule has 0 radical (unpaired) electrons. The fourth-order valence-corrected chi connectivity index (χ4v) is 2.51. The third-order valence-corrected chi connectivity index (χ3v) is 3.51. The molecular formula is C12H27NiO2P. The van der Waals surface area contributed by atoms with E-state index in [1.54, 1.807) is 0 Å². The van der Waals surface area contributed by atoms with Crippen LogP contribution in [-0.2, 0) is 25.6 Å². The molecule has 2 nitrogen and oxygen atoms in total. The zero-order chi connectivity index (χ0) is 11.5. The molecule has 0 N–H and O–H groups in total. The summed E-state index contributed by atoms with van der Waals surface area (Å²) >= 11 is 0. The fraction of sp³-hybridized carbons (Fsp3) is 1.00. The van der Waals surface area contributed by atoms with Gasteiger partial charge in [0, 0.05) is 16.5 Å². The molecule has 0 rings (SSSR count). The van der Waals surface area contributed by atoms with E-state index in [2.05, 4.69) is 20.8 Å². The molecule has 0 aromatic heterocycles. The van der Waals surface area contributed by atoms with Gasteiger partial charge in [-0.05, 0) is 18.8 Å². The maximum absolute atomic E-state index is 10.7. The molecule has 16 heavy (non-hydrogen) atoms. The summed E-state index contributed by atoms with van der Waals surface area (Å²) in [4.78, 5) is 0. The Bertz CT molecular complexity index is 156. The van der Waals surface area contributed by atoms with Crippen molar-refractivity contribution < 1.29 is 25.6 Å². The van der Waals surface area contributed by atoms with Crippen molar-refractivity contribution in [1.82, 2.24) is 0 Å². The maximum atomic E-state index is 10.7. The summed E-state index contributed by atoms with van der Waals surface area (Å²) in [6, 6.07) is 0. The minimum absolute atomic E-state index is 0. The average Bonchev–Trinajstić information content (AvgIpc) is 2.26. The zero-order valence-electron chi connectivity index (χ0n) is 10.8. The van der Waals surface area contributed by atoms with E-state index >= 15 is 0 Å². The van der Waals surface area contributed by atoms with Crippen molar-refractivity contribution in [3.63, 3.8) is 0 Å². The average molecular weight is 293 g/mol. The van der Waals surface area contributed by atoms with Crippen LogP contribution < -0.4 is 0 Å². The molecule has 0 saturated heterocycles. The largest absolute Gasteiger partial charge is 0.329 e. The van der Waals surface area contributed by atoms with E-state index in [1.807, 2.05) is 0 Å². The van der Waals surface area contributed by atoms with Gasteiger partial charge in [-0.1, -0.05) is 52.9 Å². The molecule has 0 aromatic rings. The molecule has 0 aliphatic carbocycles. The molecule has 0 amide bonds. The van der Waals surface area contributed by atoms with Gasteiger partial charge in [0.05, 0.1) is 6.10 Å². The summed E-state index contributed by atoms with van der Waals surface area (Å²) in [5, 5.41) is 0. The van der Waals surface area contributed by atoms with Crippen LogP contribution in [0, 0.1) is 5.92 Å². The normalized spacial score (nSPS) is 14.9. The van der Waals surface area contributed by atoms with Gasteiger partial charge in [0.25, 0.3) is 0 Å². The van der Waals surface area contributed by atoms with Crippen molar-refractivity contribution >= 4 is 8.69 Å². The van der Waals surface area contributed by atoms with Crippen LogP contribution in [0.4, 0.5) is 0 Å². The molecule has 0 saturated carbocycles. The summed E-state index contributed by atoms with van der Waals surface area (Å²) in [6.07, 6.45) is 8.57. The van der Waals surface area contributed by atoms with Gasteiger partial charge in [0.2, 0.25) is 0 Å². The Morgan fingerprint density at radius 2 is 1.62 bits per heavy atom. The SMILES string of the molecule is CCCCC(CC)C(CCCC)O[PH2]=O.[Ni]. The summed E-state index contributed by atoms with van der Waals surface area (Å²) in [5.41, 5.74) is 0. The van der Waals surface area contributed by atoms with E-state index in [0.717, 1.165) is 12.8 Å². The smallest absolute Gasteiger partial charge is 0.180 e. The monoisotopic (exact) mass is 292 g/mol. The van der Waals surface area contributed by atoms with E-state index in [4.69, 9.17) is 4.52 Å². The Labute approximate surface area is 112 Å². The van der Waals surface area contributed by atoms with Gasteiger partial charge in [-0.3, -0.25) is 4.57 Å². The topological polar surface area (TPSA) is 26.3 Å². The van der Waals surface area contributed by atoms with Gasteiger partial charge >= 0.3 is 0 Å². The van der Waals surface area contributed by atoms with Crippen LogP contribution >= 0.6 is 8.69 Å². The van der Waals surface area contributed by atoms with Crippen molar-refractivity contribution in [3.05, 3.63) is 0 Å². The van der Waals surface area contributed by atoms with Crippen LogP contribution in [0.2, 0.25) is 0 Å². The maximum Gasteiger partial charge on any atom is 0.180 e. The predicted octanol–water partition coefficient (Wildman–Crippen LogP) is 4.45. The quantitative estimate of drug-likeness (QED) is 0.439. The molecule has 0 bridgehead atoms. The second kappa shape index (κ2) is 13.7. The molecule has 0 aliphatic rings. The second-order valence-corrected chi connectivity index (χ2v) is 4.69. The van der Waals surface area contributed by atoms with Crippen molar-refractivity contribution in [1.29, 1.82) is 0 Å². The molecule has 0 fully saturated rings. The van der Waals surface area contributed by atoms with Gasteiger partial charge in [-0.15, -0.1) is 0 Å². The van der Waals surface area contributed by atoms with E-state index in [1.165, 1.54) is 32.1 Å². The molecule has 4 heteroatoms. The molecule has 0 spiro atoms. The number of hydrogen-bond donors (Lipinski definition) is 0. The van der Waals surface area contributed by atoms with Gasteiger partial charge in [-0.2, -0.15) is 0 Å². The van der Waals surface area contributed by atoms with Crippen LogP contribution in [0.1, 0.15) is 65.7 Å². The molecule has 3 atom stereocenters. The van der Waals surface area contributed by atoms with Crippen molar-refractivity contribution in [3.8, 4) is 0 Å². The van der Waals surface area contributed by atoms with Crippen LogP contribution in [-0.4, -0.2) is 6.10 Å². The summed E-state index contributed by atoms with van der Waals surface area (Å²) < 4.78 is 16.1. The number of unbranched alkanes of at least 4 members (excludes halogenated alkanes) is 2. The molecule has 0 heterocycles. The first-order valence-electron chi connectivity index (χ1n) is 6.39. The van der Waals surface area contributed by atoms with Gasteiger partial charge in [0.1, 0.15) is 0 Å². The summed E-state index contributed by atoms with van der Waals surface area (Å²) in [5.74, 6) is 0.609. The predicted molar refractivity (Wildman–Crippen MR) is 68.1 cm³/mol. The molecule has 102 valence electrons. The Morgan fingerprint density at radius 1 is 1.06 bits per heavy atom. The Morgan fingerprint density at radius 3 is 2.06 bits per heavy atom. The first-order chi connectivity index (χ1) is 7.29. The second-order valence-electron chi connectivity index (χ2n) is 4.22. The number of hydrogen-bond acceptors (Lipinski definition) is 2. The van der Waals surface area contributed by atoms with Crippen molar-refractivity contribution in [2.24, 2.45) is 5.92 Å². The molecular weight excluding hydrogens is 266 g/mol. The van der Waals surface area contributed by atoms with Gasteiger partial charge in [0.15, 0.2) is 8.69 Å². The third-order valence-electron chi connectivity index (χ3n) is 3.05. The Balaban J connectivity index is 0. The van der Waals surface area contributed by atoms with Gasteiger partial charge < -0.3 is 4.52 Å². The van der Waals surface area contributed by atoms with E-state index in [0.29, 0.717) is 5.92 Å². The van der Waals surface area contributed by atoms with E-state index in [-0.39, 0.29) is 22.6 Å². The molecule has 3 unspecified atom stereocenters. The van der Waals surface area contributed by atoms with Crippen LogP contribution in [0.15, 0.2) is 0 Å². The summed E-state index contributed by atoms with van der Waals surface area (Å²) in [6.45, 7) is 6.62. The minimum atomic E-state index is -1.04. The Kier molecular flexibility index (Phi) is 16.4. The van der Waals surface area contributed by atoms with Crippen molar-refractivity contribution in [2.75, 3.05) is 0 Å². The van der Waals surface area contributed by atoms with Crippen LogP contribution in [0.3, 0.4) is 0 Å². The first-order valence-corrected chi connectivity index (χ1v) is 7.33. The Hall–Kier alpha value is 0.684. The number of rotatable bonds is 10. The molecule has 0 aliphatic heterocycles. The van der Waals surface area contributed by atoms with Crippen LogP contribution in [0.5, 0.6) is 0 Å². The van der Waals surface area contributed by atoms with Crippen molar-refractivity contribution in [2.45, 2.75) is 71.8 Å². The van der Waals surface area contributed by atoms with E-state index in [9.17, 15) is 4.57 Å². The first kappa shape index (κ1) is 19.0. The standard InChI is InChI=1S/C12H27O2P.Ni/c1-4-7-9-11(6-3)12(14-15-13)10-8-5-2;/h11-12H,4-10,15H2,1-3H3;. The zero-order valence-corrected chi connectivity index (χ0v) is 13.0. The molecule has 0 aromatic carbocycles. The third kappa shape index (κ3) is 8.79. The van der Waals surface area contributed by atoms with E-state index < -0.39 is 8.69 Å². The summed E-state index contributed by atoms with van der Waals surface area (Å²) in [7, 11) is -1.04.